The number of pyridine rings is 1. The highest BCUT2D eigenvalue weighted by Crippen LogP contribution is 2.25. The molecule has 2 heterocycles. The second-order valence-electron chi connectivity index (χ2n) is 4.38. The van der Waals surface area contributed by atoms with Crippen LogP contribution in [0.25, 0.3) is 0 Å². The molecule has 0 aromatic carbocycles. The average Bonchev–Trinajstić information content (AvgIpc) is 2.39. The smallest absolute Gasteiger partial charge is 0.163 e. The predicted octanol–water partition coefficient (Wildman–Crippen LogP) is 1.76. The van der Waals surface area contributed by atoms with Gasteiger partial charge in [-0.15, -0.1) is 0 Å². The van der Waals surface area contributed by atoms with Crippen LogP contribution in [0, 0.1) is 17.2 Å². The zero-order valence-corrected chi connectivity index (χ0v) is 9.89. The van der Waals surface area contributed by atoms with Crippen molar-refractivity contribution in [1.82, 2.24) is 4.98 Å². The third kappa shape index (κ3) is 2.44. The van der Waals surface area contributed by atoms with Gasteiger partial charge >= 0.3 is 0 Å². The van der Waals surface area contributed by atoms with Gasteiger partial charge in [0.25, 0.3) is 0 Å². The van der Waals surface area contributed by atoms with Crippen LogP contribution in [-0.4, -0.2) is 23.9 Å². The van der Waals surface area contributed by atoms with Crippen molar-refractivity contribution in [3.05, 3.63) is 24.0 Å². The number of hydrogen-bond donors (Lipinski definition) is 0. The van der Waals surface area contributed by atoms with Crippen molar-refractivity contribution < 1.29 is 4.79 Å². The van der Waals surface area contributed by atoms with E-state index in [0.717, 1.165) is 25.1 Å². The third-order valence-electron chi connectivity index (χ3n) is 3.23. The van der Waals surface area contributed by atoms with Crippen LogP contribution < -0.4 is 4.90 Å². The summed E-state index contributed by atoms with van der Waals surface area (Å²) < 4.78 is 0. The van der Waals surface area contributed by atoms with E-state index in [1.54, 1.807) is 13.1 Å². The SMILES string of the molecule is CC(=O)C1CCCN(c2cccnc2C#N)C1. The molecule has 1 fully saturated rings. The first-order valence-electron chi connectivity index (χ1n) is 5.83. The minimum Gasteiger partial charge on any atom is -0.368 e. The summed E-state index contributed by atoms with van der Waals surface area (Å²) in [6.07, 6.45) is 3.56. The Kier molecular flexibility index (Phi) is 3.38. The van der Waals surface area contributed by atoms with Crippen LogP contribution >= 0.6 is 0 Å². The summed E-state index contributed by atoms with van der Waals surface area (Å²) >= 11 is 0. The standard InChI is InChI=1S/C13H15N3O/c1-10(17)11-4-3-7-16(9-11)13-5-2-6-15-12(13)8-14/h2,5-6,11H,3-4,7,9H2,1H3. The molecule has 1 unspecified atom stereocenters. The van der Waals surface area contributed by atoms with Crippen molar-refractivity contribution in [3.63, 3.8) is 0 Å². The molecule has 1 aliphatic heterocycles. The highest BCUT2D eigenvalue weighted by atomic mass is 16.1. The molecule has 0 radical (unpaired) electrons. The van der Waals surface area contributed by atoms with E-state index in [4.69, 9.17) is 5.26 Å². The van der Waals surface area contributed by atoms with E-state index in [2.05, 4.69) is 16.0 Å². The van der Waals surface area contributed by atoms with E-state index in [9.17, 15) is 4.79 Å². The first-order valence-corrected chi connectivity index (χ1v) is 5.83. The topological polar surface area (TPSA) is 57.0 Å². The molecular weight excluding hydrogens is 214 g/mol. The highest BCUT2D eigenvalue weighted by Gasteiger charge is 2.24. The quantitative estimate of drug-likeness (QED) is 0.775. The number of nitriles is 1. The van der Waals surface area contributed by atoms with Crippen LogP contribution in [0.3, 0.4) is 0 Å². The Morgan fingerprint density at radius 1 is 1.65 bits per heavy atom. The van der Waals surface area contributed by atoms with Crippen LogP contribution in [0.15, 0.2) is 18.3 Å². The van der Waals surface area contributed by atoms with Gasteiger partial charge in [-0.1, -0.05) is 0 Å². The molecule has 17 heavy (non-hydrogen) atoms. The number of Topliss-reactive ketones (excluding diaryl/α,β-unsaturated/α-hetero) is 1. The minimum absolute atomic E-state index is 0.0931. The Balaban J connectivity index is 2.22. The third-order valence-corrected chi connectivity index (χ3v) is 3.23. The fraction of sp³-hybridized carbons (Fsp3) is 0.462. The maximum atomic E-state index is 11.4. The number of rotatable bonds is 2. The lowest BCUT2D eigenvalue weighted by molar-refractivity contribution is -0.120. The van der Waals surface area contributed by atoms with E-state index in [1.165, 1.54) is 0 Å². The maximum Gasteiger partial charge on any atom is 0.163 e. The van der Waals surface area contributed by atoms with Crippen molar-refractivity contribution in [2.45, 2.75) is 19.8 Å². The van der Waals surface area contributed by atoms with E-state index >= 15 is 0 Å². The Bertz CT molecular complexity index is 464. The number of anilines is 1. The highest BCUT2D eigenvalue weighted by molar-refractivity contribution is 5.79. The van der Waals surface area contributed by atoms with Gasteiger partial charge in [-0.25, -0.2) is 4.98 Å². The minimum atomic E-state index is 0.0931. The summed E-state index contributed by atoms with van der Waals surface area (Å²) in [7, 11) is 0. The molecule has 0 amide bonds. The summed E-state index contributed by atoms with van der Waals surface area (Å²) in [4.78, 5) is 17.6. The molecule has 1 saturated heterocycles. The number of hydrogen-bond acceptors (Lipinski definition) is 4. The van der Waals surface area contributed by atoms with Gasteiger partial charge in [-0.3, -0.25) is 4.79 Å². The number of nitrogens with zero attached hydrogens (tertiary/aromatic N) is 3. The van der Waals surface area contributed by atoms with Gasteiger partial charge in [0.15, 0.2) is 5.69 Å². The summed E-state index contributed by atoms with van der Waals surface area (Å²) in [5.41, 5.74) is 1.29. The van der Waals surface area contributed by atoms with E-state index < -0.39 is 0 Å². The Morgan fingerprint density at radius 2 is 2.47 bits per heavy atom. The summed E-state index contributed by atoms with van der Waals surface area (Å²) in [5.74, 6) is 0.326. The Hall–Kier alpha value is -1.89. The molecule has 2 rings (SSSR count). The predicted molar refractivity (Wildman–Crippen MR) is 64.6 cm³/mol. The molecule has 0 spiro atoms. The summed E-state index contributed by atoms with van der Waals surface area (Å²) in [6, 6.07) is 5.82. The molecule has 4 heteroatoms. The second kappa shape index (κ2) is 4.96. The molecular formula is C13H15N3O. The van der Waals surface area contributed by atoms with Crippen LogP contribution in [0.4, 0.5) is 5.69 Å². The summed E-state index contributed by atoms with van der Waals surface area (Å²) in [6.45, 7) is 3.24. The van der Waals surface area contributed by atoms with Gasteiger partial charge < -0.3 is 4.90 Å². The number of carbonyl (C=O) groups is 1. The van der Waals surface area contributed by atoms with E-state index in [-0.39, 0.29) is 11.7 Å². The number of piperidine rings is 1. The Morgan fingerprint density at radius 3 is 3.18 bits per heavy atom. The van der Waals surface area contributed by atoms with Crippen molar-refractivity contribution in [1.29, 1.82) is 5.26 Å². The molecule has 0 N–H and O–H groups in total. The van der Waals surface area contributed by atoms with Crippen LogP contribution in [0.5, 0.6) is 0 Å². The molecule has 1 aliphatic rings. The molecule has 1 atom stereocenters. The second-order valence-corrected chi connectivity index (χ2v) is 4.38. The molecule has 4 nitrogen and oxygen atoms in total. The molecule has 1 aromatic heterocycles. The van der Waals surface area contributed by atoms with Crippen LogP contribution in [-0.2, 0) is 4.79 Å². The lowest BCUT2D eigenvalue weighted by Gasteiger charge is -2.33. The van der Waals surface area contributed by atoms with Gasteiger partial charge in [0.2, 0.25) is 0 Å². The zero-order chi connectivity index (χ0) is 12.3. The number of ketones is 1. The maximum absolute atomic E-state index is 11.4. The average molecular weight is 229 g/mol. The fourth-order valence-electron chi connectivity index (χ4n) is 2.27. The first kappa shape index (κ1) is 11.6. The van der Waals surface area contributed by atoms with Gasteiger partial charge in [0, 0.05) is 25.2 Å². The number of carbonyl (C=O) groups excluding carboxylic acids is 1. The Labute approximate surface area is 101 Å². The molecule has 0 aliphatic carbocycles. The first-order chi connectivity index (χ1) is 8.22. The van der Waals surface area contributed by atoms with Crippen molar-refractivity contribution in [2.24, 2.45) is 5.92 Å². The van der Waals surface area contributed by atoms with Gasteiger partial charge in [-0.05, 0) is 31.9 Å². The van der Waals surface area contributed by atoms with Gasteiger partial charge in [0.1, 0.15) is 11.9 Å². The van der Waals surface area contributed by atoms with Gasteiger partial charge in [-0.2, -0.15) is 5.26 Å². The largest absolute Gasteiger partial charge is 0.368 e. The lowest BCUT2D eigenvalue weighted by Crippen LogP contribution is -2.38. The van der Waals surface area contributed by atoms with Gasteiger partial charge in [0.05, 0.1) is 5.69 Å². The number of aromatic nitrogens is 1. The molecule has 1 aromatic rings. The van der Waals surface area contributed by atoms with E-state index in [1.807, 2.05) is 12.1 Å². The fourth-order valence-corrected chi connectivity index (χ4v) is 2.27. The normalized spacial score (nSPS) is 19.8. The van der Waals surface area contributed by atoms with Crippen LogP contribution in [0.2, 0.25) is 0 Å². The zero-order valence-electron chi connectivity index (χ0n) is 9.89. The lowest BCUT2D eigenvalue weighted by atomic mass is 9.94. The summed E-state index contributed by atoms with van der Waals surface area (Å²) in [5, 5.41) is 9.02. The van der Waals surface area contributed by atoms with Crippen molar-refractivity contribution in [3.8, 4) is 6.07 Å². The van der Waals surface area contributed by atoms with Crippen LogP contribution in [0.1, 0.15) is 25.5 Å². The molecule has 88 valence electrons. The van der Waals surface area contributed by atoms with Crippen molar-refractivity contribution >= 4 is 11.5 Å². The molecule has 0 bridgehead atoms. The monoisotopic (exact) mass is 229 g/mol. The van der Waals surface area contributed by atoms with Crippen molar-refractivity contribution in [2.75, 3.05) is 18.0 Å². The van der Waals surface area contributed by atoms with E-state index in [0.29, 0.717) is 12.2 Å². The molecule has 0 saturated carbocycles.